The van der Waals surface area contributed by atoms with Gasteiger partial charge in [0.1, 0.15) is 11.6 Å². The molecule has 0 bridgehead atoms. The van der Waals surface area contributed by atoms with E-state index in [-0.39, 0.29) is 11.5 Å². The first-order valence-corrected chi connectivity index (χ1v) is 11.2. The van der Waals surface area contributed by atoms with Crippen LogP contribution in [0.4, 0.5) is 23.3 Å². The number of halogens is 2. The van der Waals surface area contributed by atoms with E-state index in [0.29, 0.717) is 57.5 Å². The zero-order valence-corrected chi connectivity index (χ0v) is 20.3. The van der Waals surface area contributed by atoms with Crippen LogP contribution in [0.15, 0.2) is 36.5 Å². The summed E-state index contributed by atoms with van der Waals surface area (Å²) in [5, 5.41) is 18.0. The Morgan fingerprint density at radius 3 is 2.49 bits per heavy atom. The molecule has 0 saturated carbocycles. The van der Waals surface area contributed by atoms with Crippen molar-refractivity contribution < 1.29 is 4.92 Å². The van der Waals surface area contributed by atoms with Gasteiger partial charge in [-0.2, -0.15) is 0 Å². The third-order valence-electron chi connectivity index (χ3n) is 5.17. The molecule has 0 aliphatic heterocycles. The summed E-state index contributed by atoms with van der Waals surface area (Å²) in [5.41, 5.74) is 9.19. The molecule has 1 aromatic carbocycles. The number of hydrogen-bond donors (Lipinski definition) is 4. The van der Waals surface area contributed by atoms with E-state index in [0.717, 1.165) is 11.4 Å². The zero-order chi connectivity index (χ0) is 25.1. The Kier molecular flexibility index (Phi) is 6.99. The molecular formula is C22H21Cl2N9O2. The van der Waals surface area contributed by atoms with Crippen LogP contribution in [0.2, 0.25) is 10.0 Å². The fourth-order valence-electron chi connectivity index (χ4n) is 3.29. The Bertz CT molecular complexity index is 1390. The van der Waals surface area contributed by atoms with Crippen LogP contribution in [-0.2, 0) is 0 Å². The van der Waals surface area contributed by atoms with E-state index in [1.807, 2.05) is 13.8 Å². The fourth-order valence-corrected chi connectivity index (χ4v) is 3.79. The first kappa shape index (κ1) is 24.2. The highest BCUT2D eigenvalue weighted by Crippen LogP contribution is 2.35. The number of pyridine rings is 1. The molecule has 0 aliphatic carbocycles. The lowest BCUT2D eigenvalue weighted by Crippen LogP contribution is -2.16. The van der Waals surface area contributed by atoms with E-state index in [2.05, 4.69) is 30.6 Å². The van der Waals surface area contributed by atoms with Gasteiger partial charge in [-0.1, -0.05) is 23.2 Å². The van der Waals surface area contributed by atoms with Crippen molar-refractivity contribution in [2.75, 3.05) is 29.5 Å². The molecule has 0 spiro atoms. The highest BCUT2D eigenvalue weighted by Gasteiger charge is 2.18. The molecule has 35 heavy (non-hydrogen) atoms. The summed E-state index contributed by atoms with van der Waals surface area (Å²) < 4.78 is 0. The van der Waals surface area contributed by atoms with Crippen LogP contribution in [-0.4, -0.2) is 42.9 Å². The number of nitrogen functional groups attached to an aromatic ring is 1. The second-order valence-electron chi connectivity index (χ2n) is 7.59. The summed E-state index contributed by atoms with van der Waals surface area (Å²) in [7, 11) is 0. The van der Waals surface area contributed by atoms with Crippen molar-refractivity contribution >= 4 is 46.5 Å². The van der Waals surface area contributed by atoms with Crippen molar-refractivity contribution in [3.05, 3.63) is 68.1 Å². The second kappa shape index (κ2) is 10.1. The van der Waals surface area contributed by atoms with E-state index in [1.165, 1.54) is 12.1 Å². The Hall–Kier alpha value is -3.96. The molecule has 4 rings (SSSR count). The number of aromatic amines is 1. The molecular weight excluding hydrogens is 493 g/mol. The minimum Gasteiger partial charge on any atom is -0.378 e. The van der Waals surface area contributed by atoms with E-state index >= 15 is 0 Å². The number of nitro groups is 1. The highest BCUT2D eigenvalue weighted by atomic mass is 35.5. The smallest absolute Gasteiger partial charge is 0.311 e. The van der Waals surface area contributed by atoms with Crippen molar-refractivity contribution in [1.29, 1.82) is 0 Å². The minimum atomic E-state index is -0.579. The molecule has 0 unspecified atom stereocenters. The lowest BCUT2D eigenvalue weighted by atomic mass is 10.1. The number of imidazole rings is 1. The summed E-state index contributed by atoms with van der Waals surface area (Å²) in [6, 6.07) is 8.00. The van der Waals surface area contributed by atoms with Crippen LogP contribution < -0.4 is 16.4 Å². The zero-order valence-electron chi connectivity index (χ0n) is 18.8. The van der Waals surface area contributed by atoms with Gasteiger partial charge < -0.3 is 21.4 Å². The molecule has 3 heterocycles. The van der Waals surface area contributed by atoms with Gasteiger partial charge in [-0.05, 0) is 38.1 Å². The summed E-state index contributed by atoms with van der Waals surface area (Å²) in [5.74, 6) is 1.28. The number of anilines is 3. The number of hydrogen-bond acceptors (Lipinski definition) is 9. The van der Waals surface area contributed by atoms with Crippen LogP contribution in [0.1, 0.15) is 11.4 Å². The Morgan fingerprint density at radius 2 is 1.83 bits per heavy atom. The quantitative estimate of drug-likeness (QED) is 0.146. The second-order valence-corrected chi connectivity index (χ2v) is 8.43. The minimum absolute atomic E-state index is 0.153. The van der Waals surface area contributed by atoms with Gasteiger partial charge in [-0.25, -0.2) is 19.9 Å². The monoisotopic (exact) mass is 513 g/mol. The van der Waals surface area contributed by atoms with E-state index in [9.17, 15) is 10.1 Å². The molecule has 13 heteroatoms. The molecule has 5 N–H and O–H groups in total. The van der Waals surface area contributed by atoms with Crippen LogP contribution in [0.25, 0.3) is 22.6 Å². The van der Waals surface area contributed by atoms with Gasteiger partial charge >= 0.3 is 5.69 Å². The van der Waals surface area contributed by atoms with Crippen molar-refractivity contribution in [1.82, 2.24) is 24.9 Å². The maximum absolute atomic E-state index is 10.9. The number of H-pyrrole nitrogens is 1. The van der Waals surface area contributed by atoms with Crippen molar-refractivity contribution in [2.45, 2.75) is 13.8 Å². The molecule has 0 fully saturated rings. The predicted octanol–water partition coefficient (Wildman–Crippen LogP) is 4.87. The van der Waals surface area contributed by atoms with E-state index < -0.39 is 4.92 Å². The predicted molar refractivity (Wildman–Crippen MR) is 137 cm³/mol. The maximum atomic E-state index is 10.9. The van der Waals surface area contributed by atoms with Crippen LogP contribution in [0.5, 0.6) is 0 Å². The lowest BCUT2D eigenvalue weighted by molar-refractivity contribution is -0.384. The van der Waals surface area contributed by atoms with Gasteiger partial charge in [0, 0.05) is 41.6 Å². The Balaban J connectivity index is 1.54. The molecule has 4 aromatic rings. The molecule has 0 radical (unpaired) electrons. The van der Waals surface area contributed by atoms with Crippen molar-refractivity contribution in [2.24, 2.45) is 0 Å². The Labute approximate surface area is 210 Å². The van der Waals surface area contributed by atoms with Gasteiger partial charge in [-0.3, -0.25) is 10.1 Å². The van der Waals surface area contributed by atoms with Gasteiger partial charge in [0.25, 0.3) is 0 Å². The molecule has 0 aliphatic rings. The van der Waals surface area contributed by atoms with Gasteiger partial charge in [0.05, 0.1) is 26.9 Å². The number of aryl methyl sites for hydroxylation is 2. The number of aromatic nitrogens is 5. The molecule has 180 valence electrons. The first-order valence-electron chi connectivity index (χ1n) is 10.5. The normalized spacial score (nSPS) is 10.9. The SMILES string of the molecule is Cc1nc(-c2cnc(NCCNc3ccc([N+](=O)[O-])c(N)n3)nc2-c2ccc(Cl)cc2Cl)[nH]c1C. The topological polar surface area (TPSA) is 161 Å². The van der Waals surface area contributed by atoms with Crippen LogP contribution in [0, 0.1) is 24.0 Å². The summed E-state index contributed by atoms with van der Waals surface area (Å²) in [6.45, 7) is 4.73. The van der Waals surface area contributed by atoms with Crippen LogP contribution >= 0.6 is 23.2 Å². The van der Waals surface area contributed by atoms with E-state index in [4.69, 9.17) is 33.9 Å². The average Bonchev–Trinajstić information content (AvgIpc) is 3.14. The van der Waals surface area contributed by atoms with E-state index in [1.54, 1.807) is 24.4 Å². The first-order chi connectivity index (χ1) is 16.7. The summed E-state index contributed by atoms with van der Waals surface area (Å²) in [6.07, 6.45) is 1.68. The Morgan fingerprint density at radius 1 is 1.06 bits per heavy atom. The molecule has 11 nitrogen and oxygen atoms in total. The van der Waals surface area contributed by atoms with Crippen molar-refractivity contribution in [3.8, 4) is 22.6 Å². The molecule has 3 aromatic heterocycles. The van der Waals surface area contributed by atoms with Gasteiger partial charge in [-0.15, -0.1) is 0 Å². The number of nitrogens with zero attached hydrogens (tertiary/aromatic N) is 5. The molecule has 0 saturated heterocycles. The third kappa shape index (κ3) is 5.42. The van der Waals surface area contributed by atoms with Crippen molar-refractivity contribution in [3.63, 3.8) is 0 Å². The third-order valence-corrected chi connectivity index (χ3v) is 5.72. The average molecular weight is 514 g/mol. The maximum Gasteiger partial charge on any atom is 0.311 e. The summed E-state index contributed by atoms with van der Waals surface area (Å²) in [4.78, 5) is 31.2. The van der Waals surface area contributed by atoms with Gasteiger partial charge in [0.15, 0.2) is 0 Å². The summed E-state index contributed by atoms with van der Waals surface area (Å²) >= 11 is 12.6. The number of benzene rings is 1. The largest absolute Gasteiger partial charge is 0.378 e. The number of nitrogens with one attached hydrogen (secondary N) is 3. The van der Waals surface area contributed by atoms with Crippen LogP contribution in [0.3, 0.4) is 0 Å². The lowest BCUT2D eigenvalue weighted by Gasteiger charge is -2.12. The number of rotatable bonds is 8. The number of nitrogens with two attached hydrogens (primary N) is 1. The fraction of sp³-hybridized carbons (Fsp3) is 0.182. The molecule has 0 atom stereocenters. The molecule has 0 amide bonds. The van der Waals surface area contributed by atoms with Gasteiger partial charge in [0.2, 0.25) is 11.8 Å². The highest BCUT2D eigenvalue weighted by molar-refractivity contribution is 6.36. The standard InChI is InChI=1S/C22H21Cl2N9O2/c1-11-12(2)30-21(29-11)15-10-28-22(32-19(15)14-4-3-13(23)9-16(14)24)27-8-7-26-18-6-5-17(33(34)35)20(25)31-18/h3-6,9-10H,7-8H2,1-2H3,(H,29,30)(H3,25,26,31)(H,27,28,32).